The van der Waals surface area contributed by atoms with Crippen LogP contribution in [-0.4, -0.2) is 46.1 Å². The lowest BCUT2D eigenvalue weighted by Crippen LogP contribution is -2.44. The third-order valence-electron chi connectivity index (χ3n) is 6.83. The summed E-state index contributed by atoms with van der Waals surface area (Å²) in [5.41, 5.74) is 4.90. The fourth-order valence-corrected chi connectivity index (χ4v) is 5.03. The van der Waals surface area contributed by atoms with Crippen molar-refractivity contribution in [2.75, 3.05) is 13.2 Å². The van der Waals surface area contributed by atoms with E-state index in [4.69, 9.17) is 9.72 Å². The minimum absolute atomic E-state index is 0.136. The monoisotopic (exact) mass is 456 g/mol. The summed E-state index contributed by atoms with van der Waals surface area (Å²) in [6.45, 7) is 2.52. The molecule has 1 atom stereocenters. The van der Waals surface area contributed by atoms with Gasteiger partial charge in [-0.05, 0) is 80.0 Å². The quantitative estimate of drug-likeness (QED) is 0.560. The van der Waals surface area contributed by atoms with Gasteiger partial charge in [0.25, 0.3) is 5.91 Å². The minimum Gasteiger partial charge on any atom is -0.508 e. The summed E-state index contributed by atoms with van der Waals surface area (Å²) in [7, 11) is 0. The summed E-state index contributed by atoms with van der Waals surface area (Å²) in [5, 5.41) is 10.3. The molecule has 2 heterocycles. The van der Waals surface area contributed by atoms with Crippen LogP contribution in [0.1, 0.15) is 59.8 Å². The van der Waals surface area contributed by atoms with E-state index in [2.05, 4.69) is 0 Å². The zero-order chi connectivity index (χ0) is 23.7. The van der Waals surface area contributed by atoms with Gasteiger partial charge in [0.1, 0.15) is 5.75 Å². The molecule has 0 radical (unpaired) electrons. The second-order valence-electron chi connectivity index (χ2n) is 9.10. The van der Waals surface area contributed by atoms with Gasteiger partial charge in [-0.1, -0.05) is 30.3 Å². The molecule has 3 aromatic rings. The van der Waals surface area contributed by atoms with E-state index in [1.165, 1.54) is 0 Å². The molecule has 0 spiro atoms. The van der Waals surface area contributed by atoms with Crippen LogP contribution in [0.2, 0.25) is 0 Å². The molecule has 6 nitrogen and oxygen atoms in total. The first-order valence-electron chi connectivity index (χ1n) is 11.9. The fourth-order valence-electron chi connectivity index (χ4n) is 5.03. The number of para-hydroxylation sites is 1. The average molecular weight is 457 g/mol. The average Bonchev–Trinajstić information content (AvgIpc) is 3.24. The van der Waals surface area contributed by atoms with Gasteiger partial charge >= 0.3 is 5.97 Å². The number of likely N-dealkylation sites (tertiary alicyclic amines) is 1. The van der Waals surface area contributed by atoms with Gasteiger partial charge in [0, 0.05) is 18.0 Å². The van der Waals surface area contributed by atoms with Gasteiger partial charge in [-0.3, -0.25) is 4.79 Å². The predicted molar refractivity (Wildman–Crippen MR) is 131 cm³/mol. The lowest BCUT2D eigenvalue weighted by molar-refractivity contribution is -0.137. The SMILES string of the molecule is CC1CCCCN1C(=O)COC(=O)c1c2c(nc3ccccc13)/C(=C/c1ccc(O)cc1)CC2. The third-order valence-corrected chi connectivity index (χ3v) is 6.83. The number of allylic oxidation sites excluding steroid dienone is 1. The van der Waals surface area contributed by atoms with Crippen molar-refractivity contribution in [1.82, 2.24) is 9.88 Å². The molecule has 1 unspecified atom stereocenters. The molecule has 0 bridgehead atoms. The topological polar surface area (TPSA) is 79.7 Å². The van der Waals surface area contributed by atoms with Gasteiger partial charge in [-0.25, -0.2) is 9.78 Å². The number of hydrogen-bond acceptors (Lipinski definition) is 5. The first-order chi connectivity index (χ1) is 16.5. The van der Waals surface area contributed by atoms with E-state index in [9.17, 15) is 14.7 Å². The number of nitrogens with zero attached hydrogens (tertiary/aromatic N) is 2. The molecule has 5 rings (SSSR count). The normalized spacial score (nSPS) is 18.8. The molecule has 2 aromatic carbocycles. The molecule has 1 aliphatic heterocycles. The first-order valence-corrected chi connectivity index (χ1v) is 11.9. The highest BCUT2D eigenvalue weighted by Gasteiger charge is 2.29. The number of phenols is 1. The highest BCUT2D eigenvalue weighted by molar-refractivity contribution is 6.07. The third kappa shape index (κ3) is 4.28. The number of piperidine rings is 1. The maximum absolute atomic E-state index is 13.3. The molecule has 174 valence electrons. The van der Waals surface area contributed by atoms with E-state index in [1.54, 1.807) is 12.1 Å². The summed E-state index contributed by atoms with van der Waals surface area (Å²) in [4.78, 5) is 32.7. The van der Waals surface area contributed by atoms with Gasteiger partial charge in [-0.15, -0.1) is 0 Å². The standard InChI is InChI=1S/C28H28N2O4/c1-18-6-4-5-15-30(18)25(32)17-34-28(33)26-22-7-2-3-8-24(22)29-27-20(11-14-23(26)27)16-19-9-12-21(31)13-10-19/h2-3,7-10,12-13,16,18,31H,4-6,11,14-15,17H2,1H3/b20-16+. The molecule has 6 heteroatoms. The molecule has 1 aromatic heterocycles. The Morgan fingerprint density at radius 3 is 2.71 bits per heavy atom. The van der Waals surface area contributed by atoms with Crippen molar-refractivity contribution in [1.29, 1.82) is 0 Å². The van der Waals surface area contributed by atoms with E-state index in [1.807, 2.05) is 54.3 Å². The Bertz CT molecular complexity index is 1280. The van der Waals surface area contributed by atoms with Crippen molar-refractivity contribution < 1.29 is 19.4 Å². The molecule has 1 N–H and O–H groups in total. The molecule has 1 amide bonds. The van der Waals surface area contributed by atoms with E-state index >= 15 is 0 Å². The molecular weight excluding hydrogens is 428 g/mol. The van der Waals surface area contributed by atoms with Crippen LogP contribution in [0.25, 0.3) is 22.6 Å². The van der Waals surface area contributed by atoms with Crippen LogP contribution in [0.5, 0.6) is 5.75 Å². The molecule has 1 aliphatic carbocycles. The van der Waals surface area contributed by atoms with Crippen LogP contribution < -0.4 is 0 Å². The van der Waals surface area contributed by atoms with Crippen molar-refractivity contribution >= 4 is 34.4 Å². The van der Waals surface area contributed by atoms with Crippen LogP contribution in [0, 0.1) is 0 Å². The number of amides is 1. The number of rotatable bonds is 4. The summed E-state index contributed by atoms with van der Waals surface area (Å²) >= 11 is 0. The van der Waals surface area contributed by atoms with E-state index < -0.39 is 5.97 Å². The summed E-state index contributed by atoms with van der Waals surface area (Å²) in [5.74, 6) is -0.390. The number of ether oxygens (including phenoxy) is 1. The van der Waals surface area contributed by atoms with E-state index in [0.717, 1.165) is 65.5 Å². The Morgan fingerprint density at radius 2 is 1.91 bits per heavy atom. The number of aromatic hydroxyl groups is 1. The molecule has 0 saturated carbocycles. The smallest absolute Gasteiger partial charge is 0.339 e. The lowest BCUT2D eigenvalue weighted by atomic mass is 10.0. The number of benzene rings is 2. The van der Waals surface area contributed by atoms with Crippen molar-refractivity contribution in [3.8, 4) is 5.75 Å². The number of pyridine rings is 1. The van der Waals surface area contributed by atoms with Crippen LogP contribution in [0.3, 0.4) is 0 Å². The molecule has 2 aliphatic rings. The second kappa shape index (κ2) is 9.29. The largest absolute Gasteiger partial charge is 0.508 e. The molecular formula is C28H28N2O4. The van der Waals surface area contributed by atoms with Crippen LogP contribution >= 0.6 is 0 Å². The van der Waals surface area contributed by atoms with Gasteiger partial charge in [-0.2, -0.15) is 0 Å². The molecule has 1 saturated heterocycles. The number of phenolic OH excluding ortho intramolecular Hbond substituents is 1. The van der Waals surface area contributed by atoms with Crippen molar-refractivity contribution in [3.63, 3.8) is 0 Å². The maximum atomic E-state index is 13.3. The van der Waals surface area contributed by atoms with Crippen LogP contribution in [-0.2, 0) is 16.0 Å². The number of hydrogen-bond donors (Lipinski definition) is 1. The van der Waals surface area contributed by atoms with Gasteiger partial charge in [0.15, 0.2) is 6.61 Å². The predicted octanol–water partition coefficient (Wildman–Crippen LogP) is 4.99. The number of carbonyl (C=O) groups excluding carboxylic acids is 2. The van der Waals surface area contributed by atoms with Crippen molar-refractivity contribution in [2.45, 2.75) is 45.1 Å². The minimum atomic E-state index is -0.473. The zero-order valence-electron chi connectivity index (χ0n) is 19.3. The number of fused-ring (bicyclic) bond motifs is 2. The Kier molecular flexibility index (Phi) is 6.05. The zero-order valence-corrected chi connectivity index (χ0v) is 19.3. The summed E-state index contributed by atoms with van der Waals surface area (Å²) in [6, 6.07) is 14.7. The van der Waals surface area contributed by atoms with Gasteiger partial charge in [0.2, 0.25) is 0 Å². The Morgan fingerprint density at radius 1 is 1.12 bits per heavy atom. The molecule has 34 heavy (non-hydrogen) atoms. The summed E-state index contributed by atoms with van der Waals surface area (Å²) in [6.07, 6.45) is 6.58. The maximum Gasteiger partial charge on any atom is 0.339 e. The van der Waals surface area contributed by atoms with E-state index in [0.29, 0.717) is 12.0 Å². The Labute approximate surface area is 198 Å². The first kappa shape index (κ1) is 22.1. The fraction of sp³-hybridized carbons (Fsp3) is 0.321. The number of aromatic nitrogens is 1. The van der Waals surface area contributed by atoms with Crippen molar-refractivity contribution in [2.24, 2.45) is 0 Å². The molecule has 1 fully saturated rings. The van der Waals surface area contributed by atoms with Crippen molar-refractivity contribution in [3.05, 3.63) is 70.9 Å². The van der Waals surface area contributed by atoms with Crippen LogP contribution in [0.4, 0.5) is 0 Å². The number of carbonyl (C=O) groups is 2. The second-order valence-corrected chi connectivity index (χ2v) is 9.10. The Balaban J connectivity index is 1.46. The highest BCUT2D eigenvalue weighted by Crippen LogP contribution is 2.38. The van der Waals surface area contributed by atoms with Gasteiger partial charge < -0.3 is 14.7 Å². The Hall–Kier alpha value is -3.67. The summed E-state index contributed by atoms with van der Waals surface area (Å²) < 4.78 is 5.59. The number of esters is 1. The highest BCUT2D eigenvalue weighted by atomic mass is 16.5. The lowest BCUT2D eigenvalue weighted by Gasteiger charge is -2.33. The van der Waals surface area contributed by atoms with Crippen LogP contribution in [0.15, 0.2) is 48.5 Å². The van der Waals surface area contributed by atoms with Gasteiger partial charge in [0.05, 0.1) is 16.8 Å². The van der Waals surface area contributed by atoms with E-state index in [-0.39, 0.29) is 24.3 Å².